The van der Waals surface area contributed by atoms with Crippen molar-refractivity contribution in [3.63, 3.8) is 0 Å². The van der Waals surface area contributed by atoms with Gasteiger partial charge >= 0.3 is 0 Å². The van der Waals surface area contributed by atoms with Crippen LogP contribution in [0, 0.1) is 0 Å². The Hall–Kier alpha value is -2.57. The van der Waals surface area contributed by atoms with Gasteiger partial charge in [0, 0.05) is 27.1 Å². The predicted octanol–water partition coefficient (Wildman–Crippen LogP) is 1.43. The molecule has 0 radical (unpaired) electrons. The zero-order valence-electron chi connectivity index (χ0n) is 12.6. The minimum absolute atomic E-state index is 0.0781. The number of nitrogens with zero attached hydrogens (tertiary/aromatic N) is 4. The SMILES string of the molecule is CN(C)c1cncc(O[C@H]2CCN(C(=O)c3ccco3)C2)n1. The van der Waals surface area contributed by atoms with Crippen molar-refractivity contribution >= 4 is 11.7 Å². The zero-order valence-corrected chi connectivity index (χ0v) is 12.6. The van der Waals surface area contributed by atoms with E-state index in [1.54, 1.807) is 29.4 Å². The Morgan fingerprint density at radius 2 is 2.32 bits per heavy atom. The lowest BCUT2D eigenvalue weighted by atomic mass is 10.3. The monoisotopic (exact) mass is 302 g/mol. The molecule has 1 saturated heterocycles. The van der Waals surface area contributed by atoms with E-state index in [0.717, 1.165) is 12.2 Å². The average molecular weight is 302 g/mol. The molecule has 3 heterocycles. The molecule has 3 rings (SSSR count). The lowest BCUT2D eigenvalue weighted by Gasteiger charge is -2.16. The molecule has 2 aromatic rings. The van der Waals surface area contributed by atoms with Gasteiger partial charge < -0.3 is 19.0 Å². The van der Waals surface area contributed by atoms with E-state index < -0.39 is 0 Å². The molecule has 7 nitrogen and oxygen atoms in total. The number of hydrogen-bond donors (Lipinski definition) is 0. The second-order valence-electron chi connectivity index (χ2n) is 5.37. The van der Waals surface area contributed by atoms with Crippen molar-refractivity contribution in [3.05, 3.63) is 36.5 Å². The van der Waals surface area contributed by atoms with E-state index in [9.17, 15) is 4.79 Å². The summed E-state index contributed by atoms with van der Waals surface area (Å²) in [6.07, 6.45) is 5.45. The van der Waals surface area contributed by atoms with Crippen LogP contribution in [0.4, 0.5) is 5.82 Å². The average Bonchev–Trinajstić information content (AvgIpc) is 3.18. The summed E-state index contributed by atoms with van der Waals surface area (Å²) in [5.74, 6) is 1.46. The van der Waals surface area contributed by atoms with Crippen LogP contribution in [0.15, 0.2) is 35.2 Å². The lowest BCUT2D eigenvalue weighted by Crippen LogP contribution is -2.30. The van der Waals surface area contributed by atoms with Gasteiger partial charge in [0.05, 0.1) is 25.2 Å². The molecule has 0 unspecified atom stereocenters. The fourth-order valence-electron chi connectivity index (χ4n) is 2.35. The molecule has 116 valence electrons. The largest absolute Gasteiger partial charge is 0.471 e. The second-order valence-corrected chi connectivity index (χ2v) is 5.37. The fourth-order valence-corrected chi connectivity index (χ4v) is 2.35. The first kappa shape index (κ1) is 14.4. The normalized spacial score (nSPS) is 17.5. The van der Waals surface area contributed by atoms with Crippen LogP contribution in [0.25, 0.3) is 0 Å². The molecule has 0 aliphatic carbocycles. The van der Waals surface area contributed by atoms with Gasteiger partial charge in [-0.05, 0) is 12.1 Å². The number of anilines is 1. The van der Waals surface area contributed by atoms with Crippen molar-refractivity contribution in [2.45, 2.75) is 12.5 Å². The quantitative estimate of drug-likeness (QED) is 0.851. The maximum absolute atomic E-state index is 12.2. The predicted molar refractivity (Wildman–Crippen MR) is 80.0 cm³/mol. The second kappa shape index (κ2) is 6.05. The van der Waals surface area contributed by atoms with Gasteiger partial charge in [-0.25, -0.2) is 0 Å². The molecule has 0 bridgehead atoms. The fraction of sp³-hybridized carbons (Fsp3) is 0.400. The number of likely N-dealkylation sites (tertiary alicyclic amines) is 1. The van der Waals surface area contributed by atoms with Crippen molar-refractivity contribution < 1.29 is 13.9 Å². The van der Waals surface area contributed by atoms with E-state index in [2.05, 4.69) is 9.97 Å². The van der Waals surface area contributed by atoms with Crippen LogP contribution in [-0.4, -0.2) is 54.1 Å². The molecule has 1 amide bonds. The Morgan fingerprint density at radius 3 is 3.05 bits per heavy atom. The lowest BCUT2D eigenvalue weighted by molar-refractivity contribution is 0.0740. The van der Waals surface area contributed by atoms with Gasteiger partial charge in [-0.15, -0.1) is 0 Å². The minimum atomic E-state index is -0.107. The Morgan fingerprint density at radius 1 is 1.45 bits per heavy atom. The first-order valence-electron chi connectivity index (χ1n) is 7.12. The van der Waals surface area contributed by atoms with E-state index in [4.69, 9.17) is 9.15 Å². The van der Waals surface area contributed by atoms with Crippen LogP contribution in [0.5, 0.6) is 5.88 Å². The van der Waals surface area contributed by atoms with E-state index >= 15 is 0 Å². The van der Waals surface area contributed by atoms with Crippen LogP contribution < -0.4 is 9.64 Å². The summed E-state index contributed by atoms with van der Waals surface area (Å²) in [6, 6.07) is 3.38. The van der Waals surface area contributed by atoms with Gasteiger partial charge in [0.15, 0.2) is 11.6 Å². The zero-order chi connectivity index (χ0) is 15.5. The molecule has 0 N–H and O–H groups in total. The molecular formula is C15H18N4O3. The van der Waals surface area contributed by atoms with Gasteiger partial charge in [0.1, 0.15) is 6.10 Å². The number of rotatable bonds is 4. The van der Waals surface area contributed by atoms with E-state index in [-0.39, 0.29) is 12.0 Å². The van der Waals surface area contributed by atoms with Gasteiger partial charge in [0.2, 0.25) is 5.88 Å². The Bertz CT molecular complexity index is 642. The number of ether oxygens (including phenoxy) is 1. The molecule has 1 aliphatic rings. The number of aromatic nitrogens is 2. The Labute approximate surface area is 128 Å². The van der Waals surface area contributed by atoms with Gasteiger partial charge in [-0.1, -0.05) is 0 Å². The molecule has 0 saturated carbocycles. The highest BCUT2D eigenvalue weighted by Crippen LogP contribution is 2.19. The van der Waals surface area contributed by atoms with Crippen molar-refractivity contribution in [2.75, 3.05) is 32.1 Å². The minimum Gasteiger partial charge on any atom is -0.471 e. The van der Waals surface area contributed by atoms with Crippen LogP contribution in [0.1, 0.15) is 17.0 Å². The number of carbonyl (C=O) groups is 1. The molecule has 1 aliphatic heterocycles. The van der Waals surface area contributed by atoms with E-state index in [1.807, 2.05) is 19.0 Å². The molecule has 22 heavy (non-hydrogen) atoms. The highest BCUT2D eigenvalue weighted by atomic mass is 16.5. The van der Waals surface area contributed by atoms with Crippen LogP contribution in [0.3, 0.4) is 0 Å². The highest BCUT2D eigenvalue weighted by molar-refractivity contribution is 5.91. The smallest absolute Gasteiger partial charge is 0.289 e. The number of carbonyl (C=O) groups excluding carboxylic acids is 1. The van der Waals surface area contributed by atoms with Crippen molar-refractivity contribution in [1.82, 2.24) is 14.9 Å². The Kier molecular flexibility index (Phi) is 3.95. The van der Waals surface area contributed by atoms with Gasteiger partial charge in [-0.3, -0.25) is 9.78 Å². The highest BCUT2D eigenvalue weighted by Gasteiger charge is 2.29. The molecule has 7 heteroatoms. The molecule has 0 aromatic carbocycles. The number of hydrogen-bond acceptors (Lipinski definition) is 6. The summed E-state index contributed by atoms with van der Waals surface area (Å²) >= 11 is 0. The van der Waals surface area contributed by atoms with Crippen molar-refractivity contribution in [3.8, 4) is 5.88 Å². The first-order valence-corrected chi connectivity index (χ1v) is 7.12. The molecule has 0 spiro atoms. The van der Waals surface area contributed by atoms with Gasteiger partial charge in [0.25, 0.3) is 5.91 Å². The third-order valence-electron chi connectivity index (χ3n) is 3.51. The molecular weight excluding hydrogens is 284 g/mol. The summed E-state index contributed by atoms with van der Waals surface area (Å²) in [6.45, 7) is 1.17. The van der Waals surface area contributed by atoms with Crippen molar-refractivity contribution in [2.24, 2.45) is 0 Å². The van der Waals surface area contributed by atoms with E-state index in [1.165, 1.54) is 6.26 Å². The third kappa shape index (κ3) is 3.03. The van der Waals surface area contributed by atoms with Crippen LogP contribution in [0.2, 0.25) is 0 Å². The van der Waals surface area contributed by atoms with Crippen molar-refractivity contribution in [1.29, 1.82) is 0 Å². The summed E-state index contributed by atoms with van der Waals surface area (Å²) in [7, 11) is 3.79. The summed E-state index contributed by atoms with van der Waals surface area (Å²) in [4.78, 5) is 24.3. The standard InChI is InChI=1S/C15H18N4O3/c1-18(2)13-8-16-9-14(17-13)22-11-5-6-19(10-11)15(20)12-4-3-7-21-12/h3-4,7-9,11H,5-6,10H2,1-2H3/t11-/m0/s1. The maximum Gasteiger partial charge on any atom is 0.289 e. The van der Waals surface area contributed by atoms with E-state index in [0.29, 0.717) is 24.7 Å². The van der Waals surface area contributed by atoms with Crippen LogP contribution in [-0.2, 0) is 0 Å². The molecule has 2 aromatic heterocycles. The maximum atomic E-state index is 12.2. The summed E-state index contributed by atoms with van der Waals surface area (Å²) in [5, 5.41) is 0. The molecule has 1 atom stereocenters. The molecule has 1 fully saturated rings. The summed E-state index contributed by atoms with van der Waals surface area (Å²) < 4.78 is 11.0. The van der Waals surface area contributed by atoms with Gasteiger partial charge in [-0.2, -0.15) is 4.98 Å². The number of amides is 1. The van der Waals surface area contributed by atoms with Crippen LogP contribution >= 0.6 is 0 Å². The third-order valence-corrected chi connectivity index (χ3v) is 3.51. The number of furan rings is 1. The first-order chi connectivity index (χ1) is 10.6. The topological polar surface area (TPSA) is 71.7 Å². The summed E-state index contributed by atoms with van der Waals surface area (Å²) in [5.41, 5.74) is 0. The Balaban J connectivity index is 1.61.